The monoisotopic (exact) mass is 277 g/mol. The van der Waals surface area contributed by atoms with Crippen molar-refractivity contribution in [3.05, 3.63) is 0 Å². The van der Waals surface area contributed by atoms with Gasteiger partial charge in [0.2, 0.25) is 0 Å². The van der Waals surface area contributed by atoms with E-state index in [9.17, 15) is 0 Å². The third-order valence-corrected chi connectivity index (χ3v) is 5.54. The molecule has 0 spiro atoms. The molecule has 7 heteroatoms. The minimum Gasteiger partial charge on any atom is -0.374 e. The van der Waals surface area contributed by atoms with Crippen LogP contribution in [0, 0.1) is 5.92 Å². The maximum absolute atomic E-state index is 5.89. The van der Waals surface area contributed by atoms with Crippen LogP contribution in [0.2, 0.25) is 6.04 Å². The lowest BCUT2D eigenvalue weighted by molar-refractivity contribution is 0.0387. The number of guanidine groups is 1. The molecule has 108 valence electrons. The first-order valence-electron chi connectivity index (χ1n) is 6.39. The molecule has 0 aliphatic rings. The molecule has 0 bridgehead atoms. The van der Waals surface area contributed by atoms with E-state index in [1.807, 2.05) is 13.8 Å². The van der Waals surface area contributed by atoms with Gasteiger partial charge in [-0.1, -0.05) is 13.8 Å². The van der Waals surface area contributed by atoms with Crippen LogP contribution in [0.1, 0.15) is 34.6 Å². The number of hydrogen-bond acceptors (Lipinski definition) is 4. The van der Waals surface area contributed by atoms with Crippen LogP contribution in [0.3, 0.4) is 0 Å². The van der Waals surface area contributed by atoms with Gasteiger partial charge in [0.1, 0.15) is 6.23 Å². The molecule has 0 amide bonds. The lowest BCUT2D eigenvalue weighted by Crippen LogP contribution is -2.49. The van der Waals surface area contributed by atoms with Crippen molar-refractivity contribution in [2.24, 2.45) is 22.4 Å². The molecule has 0 heterocycles. The molecule has 6 nitrogen and oxygen atoms in total. The van der Waals surface area contributed by atoms with E-state index in [1.54, 1.807) is 6.92 Å². The van der Waals surface area contributed by atoms with Gasteiger partial charge in [-0.15, -0.1) is 0 Å². The van der Waals surface area contributed by atoms with Crippen LogP contribution in [0.25, 0.3) is 0 Å². The van der Waals surface area contributed by atoms with Gasteiger partial charge in [-0.3, -0.25) is 0 Å². The van der Waals surface area contributed by atoms with Gasteiger partial charge in [0, 0.05) is 19.3 Å². The first kappa shape index (κ1) is 17.4. The predicted molar refractivity (Wildman–Crippen MR) is 75.0 cm³/mol. The predicted octanol–water partition coefficient (Wildman–Crippen LogP) is 1.29. The summed E-state index contributed by atoms with van der Waals surface area (Å²) in [5.41, 5.74) is 10.7. The van der Waals surface area contributed by atoms with E-state index in [1.165, 1.54) is 0 Å². The summed E-state index contributed by atoms with van der Waals surface area (Å²) in [6, 6.07) is 0.749. The Labute approximate surface area is 111 Å². The molecule has 0 fully saturated rings. The molecule has 0 radical (unpaired) electrons. The maximum Gasteiger partial charge on any atom is 0.502 e. The Balaban J connectivity index is 4.85. The Morgan fingerprint density at radius 2 is 1.61 bits per heavy atom. The van der Waals surface area contributed by atoms with Gasteiger partial charge in [-0.05, 0) is 26.7 Å². The lowest BCUT2D eigenvalue weighted by atomic mass is 10.3. The largest absolute Gasteiger partial charge is 0.502 e. The Morgan fingerprint density at radius 1 is 1.11 bits per heavy atom. The lowest BCUT2D eigenvalue weighted by Gasteiger charge is -2.31. The van der Waals surface area contributed by atoms with Crippen LogP contribution in [-0.2, 0) is 13.3 Å². The van der Waals surface area contributed by atoms with Crippen molar-refractivity contribution in [1.29, 1.82) is 0 Å². The van der Waals surface area contributed by atoms with Crippen LogP contribution < -0.4 is 11.5 Å². The molecule has 0 aromatic rings. The average Bonchev–Trinajstić information content (AvgIpc) is 2.14. The Bertz CT molecular complexity index is 252. The van der Waals surface area contributed by atoms with Crippen LogP contribution >= 0.6 is 0 Å². The molecule has 0 saturated heterocycles. The molecule has 0 aliphatic heterocycles. The number of hydrogen-bond donors (Lipinski definition) is 2. The van der Waals surface area contributed by atoms with Crippen LogP contribution in [-0.4, -0.2) is 34.2 Å². The van der Waals surface area contributed by atoms with E-state index in [-0.39, 0.29) is 5.96 Å². The van der Waals surface area contributed by atoms with E-state index in [4.69, 9.17) is 24.7 Å². The van der Waals surface area contributed by atoms with Crippen molar-refractivity contribution in [1.82, 2.24) is 0 Å². The normalized spacial score (nSPS) is 13.7. The Hall–Kier alpha value is -0.633. The molecule has 0 aliphatic carbocycles. The van der Waals surface area contributed by atoms with Gasteiger partial charge < -0.3 is 24.7 Å². The SMILES string of the molecule is CCO[Si](CC(C)C)(OCC)OC(C)N=C(N)N. The molecule has 1 unspecified atom stereocenters. The topological polar surface area (TPSA) is 92.1 Å². The van der Waals surface area contributed by atoms with Crippen molar-refractivity contribution >= 4 is 14.8 Å². The number of nitrogens with two attached hydrogens (primary N) is 2. The van der Waals surface area contributed by atoms with E-state index < -0.39 is 15.0 Å². The molecule has 0 rings (SSSR count). The van der Waals surface area contributed by atoms with Gasteiger partial charge >= 0.3 is 8.80 Å². The van der Waals surface area contributed by atoms with Crippen molar-refractivity contribution in [3.63, 3.8) is 0 Å². The standard InChI is InChI=1S/C11H27N3O3Si/c1-6-15-18(16-7-2,8-9(3)4)17-10(5)14-11(12)13/h9-10H,6-8H2,1-5H3,(H4,12,13,14). The molecular formula is C11H27N3O3Si. The summed E-state index contributed by atoms with van der Waals surface area (Å²) >= 11 is 0. The van der Waals surface area contributed by atoms with E-state index in [0.29, 0.717) is 19.1 Å². The smallest absolute Gasteiger partial charge is 0.374 e. The van der Waals surface area contributed by atoms with Crippen molar-refractivity contribution in [2.45, 2.75) is 46.9 Å². The first-order valence-corrected chi connectivity index (χ1v) is 8.32. The van der Waals surface area contributed by atoms with Crippen molar-refractivity contribution in [2.75, 3.05) is 13.2 Å². The molecular weight excluding hydrogens is 250 g/mol. The van der Waals surface area contributed by atoms with E-state index in [0.717, 1.165) is 6.04 Å². The minimum absolute atomic E-state index is 0.00273. The Morgan fingerprint density at radius 3 is 1.94 bits per heavy atom. The second kappa shape index (κ2) is 8.47. The van der Waals surface area contributed by atoms with Gasteiger partial charge in [0.15, 0.2) is 5.96 Å². The second-order valence-corrected chi connectivity index (χ2v) is 7.01. The first-order chi connectivity index (χ1) is 8.35. The summed E-state index contributed by atoms with van der Waals surface area (Å²) in [7, 11) is -2.71. The molecule has 1 atom stereocenters. The number of nitrogens with zero attached hydrogens (tertiary/aromatic N) is 1. The van der Waals surface area contributed by atoms with E-state index >= 15 is 0 Å². The highest BCUT2D eigenvalue weighted by molar-refractivity contribution is 6.60. The third-order valence-electron chi connectivity index (χ3n) is 2.07. The van der Waals surface area contributed by atoms with Crippen molar-refractivity contribution < 1.29 is 13.3 Å². The zero-order valence-electron chi connectivity index (χ0n) is 12.1. The zero-order chi connectivity index (χ0) is 14.2. The van der Waals surface area contributed by atoms with Gasteiger partial charge in [-0.25, -0.2) is 4.99 Å². The van der Waals surface area contributed by atoms with Gasteiger partial charge in [0.25, 0.3) is 0 Å². The molecule has 18 heavy (non-hydrogen) atoms. The van der Waals surface area contributed by atoms with Gasteiger partial charge in [-0.2, -0.15) is 0 Å². The van der Waals surface area contributed by atoms with Crippen LogP contribution in [0.5, 0.6) is 0 Å². The second-order valence-electron chi connectivity index (χ2n) is 4.42. The Kier molecular flexibility index (Phi) is 8.17. The highest BCUT2D eigenvalue weighted by Gasteiger charge is 2.42. The summed E-state index contributed by atoms with van der Waals surface area (Å²) < 4.78 is 17.4. The van der Waals surface area contributed by atoms with Crippen molar-refractivity contribution in [3.8, 4) is 0 Å². The number of aliphatic imine (C=N–C) groups is 1. The summed E-state index contributed by atoms with van der Waals surface area (Å²) in [4.78, 5) is 3.96. The van der Waals surface area contributed by atoms with E-state index in [2.05, 4.69) is 18.8 Å². The van der Waals surface area contributed by atoms with Gasteiger partial charge in [0.05, 0.1) is 0 Å². The van der Waals surface area contributed by atoms with Crippen LogP contribution in [0.4, 0.5) is 0 Å². The zero-order valence-corrected chi connectivity index (χ0v) is 13.1. The molecule has 0 aromatic carbocycles. The summed E-state index contributed by atoms with van der Waals surface area (Å²) in [6.07, 6.45) is -0.460. The molecule has 0 aromatic heterocycles. The quantitative estimate of drug-likeness (QED) is 0.376. The maximum atomic E-state index is 5.89. The summed E-state index contributed by atoms with van der Waals surface area (Å²) in [5.74, 6) is 0.420. The fourth-order valence-corrected chi connectivity index (χ4v) is 4.72. The van der Waals surface area contributed by atoms with Crippen LogP contribution in [0.15, 0.2) is 4.99 Å². The number of rotatable bonds is 9. The molecule has 0 saturated carbocycles. The highest BCUT2D eigenvalue weighted by Crippen LogP contribution is 2.23. The average molecular weight is 277 g/mol. The fourth-order valence-electron chi connectivity index (χ4n) is 1.71. The fraction of sp³-hybridized carbons (Fsp3) is 0.909. The third kappa shape index (κ3) is 6.95. The summed E-state index contributed by atoms with van der Waals surface area (Å²) in [5, 5.41) is 0. The molecule has 4 N–H and O–H groups in total. The highest BCUT2D eigenvalue weighted by atomic mass is 28.4. The minimum atomic E-state index is -2.71. The summed E-state index contributed by atoms with van der Waals surface area (Å²) in [6.45, 7) is 10.9.